The summed E-state index contributed by atoms with van der Waals surface area (Å²) in [4.78, 5) is 10.7. The van der Waals surface area contributed by atoms with Crippen LogP contribution in [0.4, 0.5) is 11.6 Å². The van der Waals surface area contributed by atoms with Crippen molar-refractivity contribution in [1.29, 1.82) is 0 Å². The minimum atomic E-state index is -0.643. The van der Waals surface area contributed by atoms with Crippen molar-refractivity contribution in [3.63, 3.8) is 0 Å². The van der Waals surface area contributed by atoms with Crippen molar-refractivity contribution in [2.75, 3.05) is 29.9 Å². The lowest BCUT2D eigenvalue weighted by Crippen LogP contribution is -2.32. The Morgan fingerprint density at radius 2 is 1.79 bits per heavy atom. The van der Waals surface area contributed by atoms with Crippen LogP contribution in [0.25, 0.3) is 11.1 Å². The van der Waals surface area contributed by atoms with Gasteiger partial charge in [-0.1, -0.05) is 54.6 Å². The fourth-order valence-electron chi connectivity index (χ4n) is 3.78. The Hall–Kier alpha value is -2.96. The van der Waals surface area contributed by atoms with E-state index in [1.165, 1.54) is 6.33 Å². The van der Waals surface area contributed by atoms with Crippen LogP contribution >= 0.6 is 0 Å². The van der Waals surface area contributed by atoms with Crippen molar-refractivity contribution in [2.45, 2.75) is 25.0 Å². The molecule has 6 heteroatoms. The van der Waals surface area contributed by atoms with Crippen molar-refractivity contribution in [3.8, 4) is 11.1 Å². The van der Waals surface area contributed by atoms with E-state index in [9.17, 15) is 10.2 Å². The van der Waals surface area contributed by atoms with E-state index in [-0.39, 0.29) is 12.6 Å². The lowest BCUT2D eigenvalue weighted by molar-refractivity contribution is 0.191. The predicted octanol–water partition coefficient (Wildman–Crippen LogP) is 3.25. The Balaban J connectivity index is 1.38. The molecule has 1 aromatic heterocycles. The van der Waals surface area contributed by atoms with Crippen molar-refractivity contribution in [2.24, 2.45) is 0 Å². The normalized spacial score (nSPS) is 17.3. The van der Waals surface area contributed by atoms with Crippen LogP contribution in [0.2, 0.25) is 0 Å². The van der Waals surface area contributed by atoms with E-state index in [4.69, 9.17) is 0 Å². The molecule has 2 unspecified atom stereocenters. The Morgan fingerprint density at radius 3 is 2.55 bits per heavy atom. The molecule has 6 nitrogen and oxygen atoms in total. The van der Waals surface area contributed by atoms with Crippen LogP contribution in [0.5, 0.6) is 0 Å². The molecule has 0 spiro atoms. The zero-order valence-electron chi connectivity index (χ0n) is 16.3. The number of hydrogen-bond donors (Lipinski definition) is 3. The quantitative estimate of drug-likeness (QED) is 0.575. The van der Waals surface area contributed by atoms with Gasteiger partial charge in [-0.2, -0.15) is 0 Å². The highest BCUT2D eigenvalue weighted by Gasteiger charge is 2.25. The molecular weight excluding hydrogens is 364 g/mol. The summed E-state index contributed by atoms with van der Waals surface area (Å²) >= 11 is 0. The van der Waals surface area contributed by atoms with Gasteiger partial charge in [-0.15, -0.1) is 0 Å². The summed E-state index contributed by atoms with van der Waals surface area (Å²) in [5, 5.41) is 23.3. The summed E-state index contributed by atoms with van der Waals surface area (Å²) < 4.78 is 0. The number of anilines is 2. The highest BCUT2D eigenvalue weighted by molar-refractivity contribution is 5.63. The third-order valence-electron chi connectivity index (χ3n) is 5.41. The Kier molecular flexibility index (Phi) is 6.03. The van der Waals surface area contributed by atoms with Gasteiger partial charge in [-0.25, -0.2) is 9.97 Å². The van der Waals surface area contributed by atoms with E-state index >= 15 is 0 Å². The van der Waals surface area contributed by atoms with Gasteiger partial charge in [-0.05, 0) is 29.5 Å². The van der Waals surface area contributed by atoms with Gasteiger partial charge in [0.2, 0.25) is 0 Å². The van der Waals surface area contributed by atoms with Gasteiger partial charge < -0.3 is 20.4 Å². The number of rotatable bonds is 7. The smallest absolute Gasteiger partial charge is 0.134 e. The Bertz CT molecular complexity index is 918. The summed E-state index contributed by atoms with van der Waals surface area (Å²) in [6.45, 7) is 1.37. The highest BCUT2D eigenvalue weighted by Crippen LogP contribution is 2.25. The first-order valence-corrected chi connectivity index (χ1v) is 10.0. The fraction of sp³-hybridized carbons (Fsp3) is 0.304. The molecule has 3 N–H and O–H groups in total. The van der Waals surface area contributed by atoms with E-state index in [0.29, 0.717) is 12.4 Å². The number of nitrogens with one attached hydrogen (secondary N) is 1. The molecule has 1 aliphatic rings. The van der Waals surface area contributed by atoms with Crippen LogP contribution in [-0.2, 0) is 0 Å². The average Bonchev–Trinajstić information content (AvgIpc) is 3.27. The molecule has 0 amide bonds. The molecule has 0 aliphatic carbocycles. The molecule has 1 saturated heterocycles. The summed E-state index contributed by atoms with van der Waals surface area (Å²) in [7, 11) is 0. The van der Waals surface area contributed by atoms with E-state index in [2.05, 4.69) is 32.3 Å². The van der Waals surface area contributed by atoms with Gasteiger partial charge in [0.15, 0.2) is 0 Å². The van der Waals surface area contributed by atoms with Crippen LogP contribution in [-0.4, -0.2) is 45.9 Å². The average molecular weight is 390 g/mol. The maximum absolute atomic E-state index is 10.6. The van der Waals surface area contributed by atoms with Gasteiger partial charge in [0.05, 0.1) is 18.8 Å². The number of aromatic nitrogens is 2. The third-order valence-corrected chi connectivity index (χ3v) is 5.41. The molecule has 0 bridgehead atoms. The van der Waals surface area contributed by atoms with Crippen molar-refractivity contribution >= 4 is 11.6 Å². The predicted molar refractivity (Wildman–Crippen MR) is 115 cm³/mol. The third kappa shape index (κ3) is 4.55. The van der Waals surface area contributed by atoms with Gasteiger partial charge in [0.1, 0.15) is 18.0 Å². The molecule has 1 fully saturated rings. The Labute approximate surface area is 170 Å². The Morgan fingerprint density at radius 1 is 1.03 bits per heavy atom. The minimum Gasteiger partial charge on any atom is -0.394 e. The molecule has 1 aliphatic heterocycles. The lowest BCUT2D eigenvalue weighted by Gasteiger charge is -2.24. The topological polar surface area (TPSA) is 81.5 Å². The van der Waals surface area contributed by atoms with Crippen molar-refractivity contribution < 1.29 is 10.2 Å². The van der Waals surface area contributed by atoms with Crippen LogP contribution in [0, 0.1) is 0 Å². The zero-order chi connectivity index (χ0) is 20.1. The standard InChI is InChI=1S/C23H26N4O2/c28-15-20-7-4-12-27(20)23-13-22(25-16-26-23)24-14-21(29)19-10-8-18(9-11-19)17-5-2-1-3-6-17/h1-3,5-6,8-11,13,16,20-21,28-29H,4,7,12,14-15H2,(H,24,25,26). The number of nitrogens with zero attached hydrogens (tertiary/aromatic N) is 3. The largest absolute Gasteiger partial charge is 0.394 e. The minimum absolute atomic E-state index is 0.117. The first-order valence-electron chi connectivity index (χ1n) is 10.0. The van der Waals surface area contributed by atoms with Crippen LogP contribution < -0.4 is 10.2 Å². The molecule has 2 aromatic carbocycles. The second-order valence-electron chi connectivity index (χ2n) is 7.32. The first-order chi connectivity index (χ1) is 14.2. The zero-order valence-corrected chi connectivity index (χ0v) is 16.3. The maximum atomic E-state index is 10.6. The second-order valence-corrected chi connectivity index (χ2v) is 7.32. The summed E-state index contributed by atoms with van der Waals surface area (Å²) in [6, 6.07) is 20.1. The summed E-state index contributed by atoms with van der Waals surface area (Å²) in [5.41, 5.74) is 3.13. The van der Waals surface area contributed by atoms with Crippen molar-refractivity contribution in [3.05, 3.63) is 72.6 Å². The fourth-order valence-corrected chi connectivity index (χ4v) is 3.78. The van der Waals surface area contributed by atoms with E-state index in [1.807, 2.05) is 48.5 Å². The van der Waals surface area contributed by atoms with Crippen LogP contribution in [0.3, 0.4) is 0 Å². The monoisotopic (exact) mass is 390 g/mol. The summed E-state index contributed by atoms with van der Waals surface area (Å²) in [5.74, 6) is 1.47. The molecule has 4 rings (SSSR count). The highest BCUT2D eigenvalue weighted by atomic mass is 16.3. The molecule has 29 heavy (non-hydrogen) atoms. The first kappa shape index (κ1) is 19.4. The molecule has 2 heterocycles. The van der Waals surface area contributed by atoms with E-state index in [1.54, 1.807) is 0 Å². The summed E-state index contributed by atoms with van der Waals surface area (Å²) in [6.07, 6.45) is 2.90. The molecule has 3 aromatic rings. The van der Waals surface area contributed by atoms with Gasteiger partial charge in [0.25, 0.3) is 0 Å². The van der Waals surface area contributed by atoms with Gasteiger partial charge >= 0.3 is 0 Å². The van der Waals surface area contributed by atoms with Crippen LogP contribution in [0.15, 0.2) is 67.0 Å². The molecule has 150 valence electrons. The van der Waals surface area contributed by atoms with Crippen LogP contribution in [0.1, 0.15) is 24.5 Å². The molecule has 0 radical (unpaired) electrons. The van der Waals surface area contributed by atoms with Gasteiger partial charge in [0, 0.05) is 19.2 Å². The molecular formula is C23H26N4O2. The van der Waals surface area contributed by atoms with Gasteiger partial charge in [-0.3, -0.25) is 0 Å². The molecule has 2 atom stereocenters. The van der Waals surface area contributed by atoms with E-state index in [0.717, 1.165) is 41.9 Å². The second kappa shape index (κ2) is 9.03. The van der Waals surface area contributed by atoms with E-state index < -0.39 is 6.10 Å². The number of aliphatic hydroxyl groups excluding tert-OH is 2. The SMILES string of the molecule is OCC1CCCN1c1cc(NCC(O)c2ccc(-c3ccccc3)cc2)ncn1. The number of aliphatic hydroxyl groups is 2. The maximum Gasteiger partial charge on any atom is 0.134 e. The van der Waals surface area contributed by atoms with Crippen molar-refractivity contribution in [1.82, 2.24) is 9.97 Å². The molecule has 0 saturated carbocycles. The number of benzene rings is 2. The number of hydrogen-bond acceptors (Lipinski definition) is 6. The lowest BCUT2D eigenvalue weighted by atomic mass is 10.0.